The highest BCUT2D eigenvalue weighted by Gasteiger charge is 2.45. The Morgan fingerprint density at radius 2 is 1.22 bits per heavy atom. The highest BCUT2D eigenvalue weighted by Crippen LogP contribution is 2.50. The van der Waals surface area contributed by atoms with E-state index in [2.05, 4.69) is 237 Å². The first-order valence-corrected chi connectivity index (χ1v) is 24.9. The SMILES string of the molecule is CC/C(=C\C=C(/c1ccccc1)C(C)(C)C)N1c2cc3c(cc2B2c4ccc(cc4)C(C)(C)CCC(C)(C)N(c4ccc(C(C)(C)C)cc4C)c4cc(C)cc1c42)C(C)(C)CCC3(C)C. The minimum Gasteiger partial charge on any atom is -0.336 e. The van der Waals surface area contributed by atoms with Gasteiger partial charge in [-0.2, -0.15) is 0 Å². The average molecular weight is 863 g/mol. The van der Waals surface area contributed by atoms with Crippen molar-refractivity contribution in [3.8, 4) is 0 Å². The summed E-state index contributed by atoms with van der Waals surface area (Å²) in [7, 11) is 0. The summed E-state index contributed by atoms with van der Waals surface area (Å²) in [5.41, 5.74) is 21.7. The van der Waals surface area contributed by atoms with Crippen LogP contribution in [-0.4, -0.2) is 12.3 Å². The van der Waals surface area contributed by atoms with Gasteiger partial charge in [0.1, 0.15) is 0 Å². The molecule has 3 heteroatoms. The molecule has 0 atom stereocenters. The lowest BCUT2D eigenvalue weighted by molar-refractivity contribution is 0.332. The first-order valence-electron chi connectivity index (χ1n) is 24.9. The zero-order valence-electron chi connectivity index (χ0n) is 43.4. The van der Waals surface area contributed by atoms with Crippen molar-refractivity contribution in [2.24, 2.45) is 5.41 Å². The fourth-order valence-corrected chi connectivity index (χ4v) is 11.5. The van der Waals surface area contributed by atoms with E-state index >= 15 is 0 Å². The standard InChI is InChI=1S/C62H79BN2/c1-18-47(29-30-48(58(7,8)9)43-22-20-19-21-23-43)64-53-40-50-49(60(12,13)32-33-61(50,14)15)39-51(53)63-46-27-24-44(25-28-46)59(10,11)34-35-62(16,17)65(55-37-41(2)36-54(64)56(55)63)52-31-26-45(38-42(52)3)57(4,5)6/h19-31,36-40H,18,32-35H2,1-17H3/b47-29+,48-30+. The Hall–Kier alpha value is -4.76. The molecule has 0 fully saturated rings. The maximum Gasteiger partial charge on any atom is 0.249 e. The van der Waals surface area contributed by atoms with Gasteiger partial charge in [-0.15, -0.1) is 0 Å². The Balaban J connectivity index is 1.53. The van der Waals surface area contributed by atoms with Crippen molar-refractivity contribution in [3.63, 3.8) is 0 Å². The monoisotopic (exact) mass is 863 g/mol. The fourth-order valence-electron chi connectivity index (χ4n) is 11.5. The molecule has 0 unspecified atom stereocenters. The van der Waals surface area contributed by atoms with Crippen LogP contribution in [-0.2, 0) is 21.7 Å². The van der Waals surface area contributed by atoms with Gasteiger partial charge in [0.15, 0.2) is 0 Å². The van der Waals surface area contributed by atoms with Crippen LogP contribution < -0.4 is 26.2 Å². The molecule has 0 saturated heterocycles. The van der Waals surface area contributed by atoms with Crippen LogP contribution in [0.15, 0.2) is 115 Å². The molecule has 0 aromatic heterocycles. The Morgan fingerprint density at radius 3 is 1.80 bits per heavy atom. The first kappa shape index (κ1) is 46.8. The highest BCUT2D eigenvalue weighted by atomic mass is 15.2. The number of hydrogen-bond donors (Lipinski definition) is 0. The second-order valence-corrected chi connectivity index (χ2v) is 24.8. The summed E-state index contributed by atoms with van der Waals surface area (Å²) in [6.07, 6.45) is 10.2. The van der Waals surface area contributed by atoms with Gasteiger partial charge < -0.3 is 9.80 Å². The van der Waals surface area contributed by atoms with Gasteiger partial charge in [-0.25, -0.2) is 0 Å². The Kier molecular flexibility index (Phi) is 11.7. The maximum absolute atomic E-state index is 2.79. The Morgan fingerprint density at radius 1 is 0.615 bits per heavy atom. The van der Waals surface area contributed by atoms with Crippen LogP contribution in [0.3, 0.4) is 0 Å². The molecule has 0 radical (unpaired) electrons. The minimum atomic E-state index is -0.217. The molecule has 0 saturated carbocycles. The Bertz CT molecular complexity index is 2670. The van der Waals surface area contributed by atoms with Gasteiger partial charge in [-0.05, 0) is 173 Å². The predicted octanol–water partition coefficient (Wildman–Crippen LogP) is 15.3. The molecule has 2 bridgehead atoms. The second kappa shape index (κ2) is 16.2. The van der Waals surface area contributed by atoms with Crippen molar-refractivity contribution in [2.75, 3.05) is 9.80 Å². The molecule has 5 aromatic carbocycles. The molecule has 3 heterocycles. The summed E-state index contributed by atoms with van der Waals surface area (Å²) in [4.78, 5) is 5.50. The highest BCUT2D eigenvalue weighted by molar-refractivity contribution is 6.99. The maximum atomic E-state index is 2.79. The summed E-state index contributed by atoms with van der Waals surface area (Å²) in [6, 6.07) is 38.6. The molecular weight excluding hydrogens is 784 g/mol. The zero-order chi connectivity index (χ0) is 47.2. The van der Waals surface area contributed by atoms with Crippen LogP contribution in [0.1, 0.15) is 175 Å². The van der Waals surface area contributed by atoms with Crippen LogP contribution in [0, 0.1) is 19.3 Å². The van der Waals surface area contributed by atoms with Gasteiger partial charge in [0.25, 0.3) is 0 Å². The normalized spacial score (nSPS) is 18.9. The number of rotatable bonds is 5. The average Bonchev–Trinajstić information content (AvgIpc) is 3.22. The molecular formula is C62H79BN2. The zero-order valence-corrected chi connectivity index (χ0v) is 43.4. The number of allylic oxidation sites excluding steroid dienone is 4. The van der Waals surface area contributed by atoms with Crippen molar-refractivity contribution in [1.82, 2.24) is 0 Å². The van der Waals surface area contributed by atoms with Gasteiger partial charge in [0.2, 0.25) is 6.71 Å². The van der Waals surface area contributed by atoms with E-state index in [0.717, 1.165) is 19.3 Å². The van der Waals surface area contributed by atoms with E-state index in [-0.39, 0.29) is 39.3 Å². The number of anilines is 4. The molecule has 1 aliphatic carbocycles. The summed E-state index contributed by atoms with van der Waals surface area (Å²) in [5.74, 6) is 0. The number of fused-ring (bicyclic) bond motifs is 8. The van der Waals surface area contributed by atoms with Crippen LogP contribution in [0.2, 0.25) is 0 Å². The van der Waals surface area contributed by atoms with E-state index in [1.54, 1.807) is 0 Å². The summed E-state index contributed by atoms with van der Waals surface area (Å²) < 4.78 is 0. The number of benzene rings is 5. The molecule has 340 valence electrons. The lowest BCUT2D eigenvalue weighted by Crippen LogP contribution is -2.60. The van der Waals surface area contributed by atoms with E-state index in [1.807, 2.05) is 0 Å². The van der Waals surface area contributed by atoms with E-state index in [9.17, 15) is 0 Å². The Labute approximate surface area is 395 Å². The van der Waals surface area contributed by atoms with Gasteiger partial charge >= 0.3 is 0 Å². The summed E-state index contributed by atoms with van der Waals surface area (Å²) in [5, 5.41) is 0. The van der Waals surface area contributed by atoms with E-state index < -0.39 is 0 Å². The summed E-state index contributed by atoms with van der Waals surface area (Å²) in [6.45, 7) is 41.0. The minimum absolute atomic E-state index is 0.0162. The van der Waals surface area contributed by atoms with Crippen LogP contribution in [0.25, 0.3) is 5.57 Å². The lowest BCUT2D eigenvalue weighted by atomic mass is 9.34. The quantitative estimate of drug-likeness (QED) is 0.128. The lowest BCUT2D eigenvalue weighted by Gasteiger charge is -2.48. The third-order valence-electron chi connectivity index (χ3n) is 15.9. The van der Waals surface area contributed by atoms with Gasteiger partial charge in [0.05, 0.1) is 0 Å². The molecule has 65 heavy (non-hydrogen) atoms. The first-order chi connectivity index (χ1) is 30.2. The van der Waals surface area contributed by atoms with Crippen LogP contribution in [0.5, 0.6) is 0 Å². The third kappa shape index (κ3) is 8.49. The smallest absolute Gasteiger partial charge is 0.249 e. The van der Waals surface area contributed by atoms with Crippen molar-refractivity contribution in [2.45, 2.75) is 177 Å². The molecule has 4 aliphatic rings. The van der Waals surface area contributed by atoms with E-state index in [1.165, 1.54) is 102 Å². The van der Waals surface area contributed by atoms with Gasteiger partial charge in [-0.3, -0.25) is 0 Å². The molecule has 5 aromatic rings. The molecule has 3 aliphatic heterocycles. The van der Waals surface area contributed by atoms with Crippen molar-refractivity contribution >= 4 is 51.4 Å². The van der Waals surface area contributed by atoms with E-state index in [0.29, 0.717) is 0 Å². The van der Waals surface area contributed by atoms with Gasteiger partial charge in [0, 0.05) is 34.0 Å². The van der Waals surface area contributed by atoms with Crippen molar-refractivity contribution in [1.29, 1.82) is 0 Å². The molecule has 0 N–H and O–H groups in total. The van der Waals surface area contributed by atoms with Crippen molar-refractivity contribution in [3.05, 3.63) is 154 Å². The predicted molar refractivity (Wildman–Crippen MR) is 287 cm³/mol. The topological polar surface area (TPSA) is 6.48 Å². The van der Waals surface area contributed by atoms with Gasteiger partial charge in [-0.1, -0.05) is 174 Å². The number of hydrogen-bond acceptors (Lipinski definition) is 2. The fraction of sp³-hybridized carbons (Fsp3) is 0.452. The largest absolute Gasteiger partial charge is 0.336 e. The molecule has 9 rings (SSSR count). The van der Waals surface area contributed by atoms with Crippen LogP contribution in [0.4, 0.5) is 22.7 Å². The molecule has 2 nitrogen and oxygen atoms in total. The third-order valence-corrected chi connectivity index (χ3v) is 15.9. The molecule has 0 spiro atoms. The van der Waals surface area contributed by atoms with Crippen LogP contribution >= 0.6 is 0 Å². The molecule has 0 amide bonds. The number of aryl methyl sites for hydroxylation is 2. The second-order valence-electron chi connectivity index (χ2n) is 24.8. The van der Waals surface area contributed by atoms with Crippen molar-refractivity contribution < 1.29 is 0 Å². The summed E-state index contributed by atoms with van der Waals surface area (Å²) >= 11 is 0. The van der Waals surface area contributed by atoms with E-state index in [4.69, 9.17) is 0 Å². The number of nitrogens with zero attached hydrogens (tertiary/aromatic N) is 2.